The lowest BCUT2D eigenvalue weighted by molar-refractivity contribution is 0.643. The number of anilines is 1. The molecule has 1 heterocycles. The first kappa shape index (κ1) is 13.8. The second-order valence-corrected chi connectivity index (χ2v) is 6.67. The zero-order valence-corrected chi connectivity index (χ0v) is 12.2. The summed E-state index contributed by atoms with van der Waals surface area (Å²) in [7, 11) is 0. The molecule has 100 valence electrons. The largest absolute Gasteiger partial charge is 0.369 e. The smallest absolute Gasteiger partial charge is 0.0399 e. The van der Waals surface area contributed by atoms with Gasteiger partial charge in [-0.25, -0.2) is 0 Å². The van der Waals surface area contributed by atoms with Crippen molar-refractivity contribution in [1.82, 2.24) is 0 Å². The maximum absolute atomic E-state index is 6.11. The molecule has 2 N–H and O–H groups in total. The first-order valence-electron chi connectivity index (χ1n) is 6.90. The van der Waals surface area contributed by atoms with E-state index >= 15 is 0 Å². The molecule has 1 fully saturated rings. The molecule has 1 aromatic rings. The van der Waals surface area contributed by atoms with Crippen LogP contribution in [0.25, 0.3) is 0 Å². The standard InChI is InChI=1S/C15H24N2S/c1-3-14(16)10-13-6-4-5-7-15(13)17-8-9-18-12(2)11-17/h4-7,12,14H,3,8-11,16H2,1-2H3. The van der Waals surface area contributed by atoms with Crippen LogP contribution in [0.1, 0.15) is 25.8 Å². The van der Waals surface area contributed by atoms with Crippen molar-refractivity contribution in [3.63, 3.8) is 0 Å². The first-order valence-corrected chi connectivity index (χ1v) is 7.95. The van der Waals surface area contributed by atoms with Gasteiger partial charge in [-0.05, 0) is 24.5 Å². The van der Waals surface area contributed by atoms with E-state index in [1.165, 1.54) is 17.0 Å². The van der Waals surface area contributed by atoms with E-state index < -0.39 is 0 Å². The number of hydrogen-bond acceptors (Lipinski definition) is 3. The molecule has 2 rings (SSSR count). The van der Waals surface area contributed by atoms with E-state index in [1.807, 2.05) is 0 Å². The second-order valence-electron chi connectivity index (χ2n) is 5.13. The van der Waals surface area contributed by atoms with Crippen LogP contribution in [0.5, 0.6) is 0 Å². The summed E-state index contributed by atoms with van der Waals surface area (Å²) in [6.07, 6.45) is 2.03. The van der Waals surface area contributed by atoms with Gasteiger partial charge in [0.15, 0.2) is 0 Å². The molecule has 3 heteroatoms. The van der Waals surface area contributed by atoms with Crippen molar-refractivity contribution < 1.29 is 0 Å². The number of rotatable bonds is 4. The van der Waals surface area contributed by atoms with Crippen molar-refractivity contribution in [2.45, 2.75) is 38.0 Å². The molecule has 1 saturated heterocycles. The number of nitrogens with zero attached hydrogens (tertiary/aromatic N) is 1. The van der Waals surface area contributed by atoms with Gasteiger partial charge >= 0.3 is 0 Å². The van der Waals surface area contributed by atoms with Crippen molar-refractivity contribution in [2.75, 3.05) is 23.7 Å². The van der Waals surface area contributed by atoms with E-state index in [0.717, 1.165) is 31.2 Å². The third-order valence-electron chi connectivity index (χ3n) is 3.58. The minimum absolute atomic E-state index is 0.280. The normalized spacial score (nSPS) is 21.9. The van der Waals surface area contributed by atoms with E-state index in [0.29, 0.717) is 0 Å². The predicted molar refractivity (Wildman–Crippen MR) is 82.5 cm³/mol. The van der Waals surface area contributed by atoms with Crippen molar-refractivity contribution in [2.24, 2.45) is 5.73 Å². The molecule has 2 nitrogen and oxygen atoms in total. The highest BCUT2D eigenvalue weighted by Gasteiger charge is 2.19. The molecule has 2 unspecified atom stereocenters. The number of nitrogens with two attached hydrogens (primary N) is 1. The van der Waals surface area contributed by atoms with Gasteiger partial charge in [0.25, 0.3) is 0 Å². The predicted octanol–water partition coefficient (Wildman–Crippen LogP) is 2.91. The first-order chi connectivity index (χ1) is 8.70. The topological polar surface area (TPSA) is 29.3 Å². The van der Waals surface area contributed by atoms with Crippen molar-refractivity contribution in [1.29, 1.82) is 0 Å². The molecule has 0 aliphatic carbocycles. The molecule has 0 aromatic heterocycles. The summed E-state index contributed by atoms with van der Waals surface area (Å²) in [5, 5.41) is 0.728. The average molecular weight is 264 g/mol. The van der Waals surface area contributed by atoms with Crippen LogP contribution >= 0.6 is 11.8 Å². The Hall–Kier alpha value is -0.670. The molecule has 0 spiro atoms. The molecule has 0 bridgehead atoms. The van der Waals surface area contributed by atoms with Gasteiger partial charge in [-0.3, -0.25) is 0 Å². The van der Waals surface area contributed by atoms with Gasteiger partial charge in [0.05, 0.1) is 0 Å². The van der Waals surface area contributed by atoms with Crippen LogP contribution in [0.3, 0.4) is 0 Å². The quantitative estimate of drug-likeness (QED) is 0.906. The lowest BCUT2D eigenvalue weighted by Gasteiger charge is -2.34. The van der Waals surface area contributed by atoms with Crippen LogP contribution in [0.4, 0.5) is 5.69 Å². The summed E-state index contributed by atoms with van der Waals surface area (Å²) < 4.78 is 0. The van der Waals surface area contributed by atoms with Gasteiger partial charge in [0.2, 0.25) is 0 Å². The van der Waals surface area contributed by atoms with Crippen LogP contribution in [0.15, 0.2) is 24.3 Å². The van der Waals surface area contributed by atoms with Crippen molar-refractivity contribution in [3.05, 3.63) is 29.8 Å². The highest BCUT2D eigenvalue weighted by Crippen LogP contribution is 2.27. The monoisotopic (exact) mass is 264 g/mol. The molecule has 0 saturated carbocycles. The molecule has 0 amide bonds. The fourth-order valence-electron chi connectivity index (χ4n) is 2.46. The summed E-state index contributed by atoms with van der Waals surface area (Å²) in [6.45, 7) is 6.79. The van der Waals surface area contributed by atoms with E-state index in [1.54, 1.807) is 0 Å². The van der Waals surface area contributed by atoms with E-state index in [4.69, 9.17) is 5.73 Å². The van der Waals surface area contributed by atoms with Crippen molar-refractivity contribution >= 4 is 17.4 Å². The summed E-state index contributed by atoms with van der Waals surface area (Å²) in [5.41, 5.74) is 8.91. The number of para-hydroxylation sites is 1. The Morgan fingerprint density at radius 1 is 1.44 bits per heavy atom. The number of hydrogen-bond donors (Lipinski definition) is 1. The van der Waals surface area contributed by atoms with Crippen LogP contribution in [-0.2, 0) is 6.42 Å². The van der Waals surface area contributed by atoms with Gasteiger partial charge in [0, 0.05) is 35.8 Å². The van der Waals surface area contributed by atoms with Crippen LogP contribution in [-0.4, -0.2) is 30.1 Å². The highest BCUT2D eigenvalue weighted by atomic mass is 32.2. The second kappa shape index (κ2) is 6.48. The van der Waals surface area contributed by atoms with Crippen LogP contribution < -0.4 is 10.6 Å². The Kier molecular flexibility index (Phi) is 4.95. The van der Waals surface area contributed by atoms with Gasteiger partial charge in [-0.15, -0.1) is 0 Å². The molecule has 1 aliphatic heterocycles. The summed E-state index contributed by atoms with van der Waals surface area (Å²) >= 11 is 2.07. The number of benzene rings is 1. The van der Waals surface area contributed by atoms with Gasteiger partial charge in [-0.1, -0.05) is 32.0 Å². The molecule has 0 radical (unpaired) electrons. The molecule has 18 heavy (non-hydrogen) atoms. The Bertz CT molecular complexity index is 381. The minimum Gasteiger partial charge on any atom is -0.369 e. The van der Waals surface area contributed by atoms with E-state index in [-0.39, 0.29) is 6.04 Å². The molecular formula is C15H24N2S. The zero-order chi connectivity index (χ0) is 13.0. The summed E-state index contributed by atoms with van der Waals surface area (Å²) in [5.74, 6) is 1.23. The SMILES string of the molecule is CCC(N)Cc1ccccc1N1CCSC(C)C1. The van der Waals surface area contributed by atoms with E-state index in [2.05, 4.69) is 54.8 Å². The van der Waals surface area contributed by atoms with Crippen LogP contribution in [0.2, 0.25) is 0 Å². The lowest BCUT2D eigenvalue weighted by Crippen LogP contribution is -2.37. The third kappa shape index (κ3) is 3.42. The fourth-order valence-corrected chi connectivity index (χ4v) is 3.47. The maximum Gasteiger partial charge on any atom is 0.0399 e. The zero-order valence-electron chi connectivity index (χ0n) is 11.4. The van der Waals surface area contributed by atoms with Gasteiger partial charge in [0.1, 0.15) is 0 Å². The van der Waals surface area contributed by atoms with Crippen molar-refractivity contribution in [3.8, 4) is 0 Å². The van der Waals surface area contributed by atoms with Gasteiger partial charge < -0.3 is 10.6 Å². The Labute approximate surface area is 115 Å². The third-order valence-corrected chi connectivity index (χ3v) is 4.72. The summed E-state index contributed by atoms with van der Waals surface area (Å²) in [4.78, 5) is 2.53. The Morgan fingerprint density at radius 2 is 2.22 bits per heavy atom. The lowest BCUT2D eigenvalue weighted by atomic mass is 10.0. The van der Waals surface area contributed by atoms with E-state index in [9.17, 15) is 0 Å². The molecule has 2 atom stereocenters. The average Bonchev–Trinajstić information content (AvgIpc) is 2.39. The number of thioether (sulfide) groups is 1. The summed E-state index contributed by atoms with van der Waals surface area (Å²) in [6, 6.07) is 9.03. The minimum atomic E-state index is 0.280. The van der Waals surface area contributed by atoms with Gasteiger partial charge in [-0.2, -0.15) is 11.8 Å². The fraction of sp³-hybridized carbons (Fsp3) is 0.600. The molecular weight excluding hydrogens is 240 g/mol. The Morgan fingerprint density at radius 3 is 2.94 bits per heavy atom. The van der Waals surface area contributed by atoms with Crippen LogP contribution in [0, 0.1) is 0 Å². The highest BCUT2D eigenvalue weighted by molar-refractivity contribution is 8.00. The molecule has 1 aliphatic rings. The Balaban J connectivity index is 2.15. The molecule has 1 aromatic carbocycles. The maximum atomic E-state index is 6.11.